The predicted octanol–water partition coefficient (Wildman–Crippen LogP) is 4.12. The van der Waals surface area contributed by atoms with Crippen molar-refractivity contribution >= 4 is 37.4 Å². The molecule has 2 rings (SSSR count). The minimum Gasteiger partial charge on any atom is -0.322 e. The zero-order valence-corrected chi connectivity index (χ0v) is 14.6. The van der Waals surface area contributed by atoms with E-state index in [0.717, 1.165) is 18.4 Å². The summed E-state index contributed by atoms with van der Waals surface area (Å²) in [5.41, 5.74) is -0.958. The molecule has 0 saturated carbocycles. The van der Waals surface area contributed by atoms with Crippen LogP contribution in [0.15, 0.2) is 51.8 Å². The van der Waals surface area contributed by atoms with E-state index >= 15 is 0 Å². The quantitative estimate of drug-likeness (QED) is 0.810. The van der Waals surface area contributed by atoms with Gasteiger partial charge in [-0.2, -0.15) is 13.2 Å². The van der Waals surface area contributed by atoms with Crippen molar-refractivity contribution in [3.05, 3.63) is 58.1 Å². The Morgan fingerprint density at radius 1 is 1.12 bits per heavy atom. The van der Waals surface area contributed by atoms with Crippen molar-refractivity contribution in [3.63, 3.8) is 0 Å². The second-order valence-corrected chi connectivity index (χ2v) is 7.82. The Hall–Kier alpha value is -1.87. The first-order chi connectivity index (χ1) is 11.0. The number of benzene rings is 2. The molecule has 0 atom stereocenters. The summed E-state index contributed by atoms with van der Waals surface area (Å²) in [6.07, 6.45) is -3.58. The number of rotatable bonds is 3. The van der Waals surface area contributed by atoms with Crippen molar-refractivity contribution in [3.8, 4) is 0 Å². The molecular formula is C15H11BrF3NO3S. The lowest BCUT2D eigenvalue weighted by molar-refractivity contribution is -0.138. The molecule has 0 aliphatic rings. The van der Waals surface area contributed by atoms with E-state index in [1.165, 1.54) is 30.3 Å². The molecule has 0 spiro atoms. The summed E-state index contributed by atoms with van der Waals surface area (Å²) in [5, 5.41) is 2.32. The zero-order valence-electron chi connectivity index (χ0n) is 12.2. The predicted molar refractivity (Wildman–Crippen MR) is 86.6 cm³/mol. The van der Waals surface area contributed by atoms with Crippen molar-refractivity contribution in [1.29, 1.82) is 0 Å². The zero-order chi connectivity index (χ0) is 18.1. The highest BCUT2D eigenvalue weighted by Gasteiger charge is 2.33. The fraction of sp³-hybridized carbons (Fsp3) is 0.133. The lowest BCUT2D eigenvalue weighted by Crippen LogP contribution is -2.14. The van der Waals surface area contributed by atoms with Crippen LogP contribution in [-0.2, 0) is 16.0 Å². The van der Waals surface area contributed by atoms with Crippen molar-refractivity contribution < 1.29 is 26.4 Å². The Kier molecular flexibility index (Phi) is 5.05. The largest absolute Gasteiger partial charge is 0.417 e. The number of carbonyl (C=O) groups excluding carboxylic acids is 1. The Bertz CT molecular complexity index is 895. The van der Waals surface area contributed by atoms with Crippen molar-refractivity contribution in [2.75, 3.05) is 11.6 Å². The van der Waals surface area contributed by atoms with Crippen LogP contribution in [0.25, 0.3) is 0 Å². The van der Waals surface area contributed by atoms with Gasteiger partial charge in [-0.15, -0.1) is 0 Å². The molecule has 0 radical (unpaired) electrons. The molecule has 24 heavy (non-hydrogen) atoms. The van der Waals surface area contributed by atoms with E-state index in [1.54, 1.807) is 0 Å². The third kappa shape index (κ3) is 4.35. The van der Waals surface area contributed by atoms with Crippen LogP contribution in [0.1, 0.15) is 15.9 Å². The number of sulfone groups is 1. The topological polar surface area (TPSA) is 63.2 Å². The molecule has 2 aromatic carbocycles. The molecule has 0 fully saturated rings. The first kappa shape index (κ1) is 18.5. The summed E-state index contributed by atoms with van der Waals surface area (Å²) in [6.45, 7) is 0. The van der Waals surface area contributed by atoms with E-state index in [9.17, 15) is 26.4 Å². The third-order valence-electron chi connectivity index (χ3n) is 3.05. The number of carbonyl (C=O) groups is 1. The minimum absolute atomic E-state index is 0.0226. The monoisotopic (exact) mass is 421 g/mol. The van der Waals surface area contributed by atoms with E-state index in [-0.39, 0.29) is 20.6 Å². The van der Waals surface area contributed by atoms with Gasteiger partial charge in [0.05, 0.1) is 10.5 Å². The fourth-order valence-corrected chi connectivity index (χ4v) is 3.03. The van der Waals surface area contributed by atoms with E-state index < -0.39 is 27.5 Å². The van der Waals surface area contributed by atoms with E-state index in [2.05, 4.69) is 21.2 Å². The smallest absolute Gasteiger partial charge is 0.322 e. The number of halogens is 4. The van der Waals surface area contributed by atoms with Gasteiger partial charge in [-0.1, -0.05) is 22.0 Å². The van der Waals surface area contributed by atoms with Crippen LogP contribution < -0.4 is 5.32 Å². The second-order valence-electron chi connectivity index (χ2n) is 4.95. The molecule has 2 aromatic rings. The van der Waals surface area contributed by atoms with Crippen molar-refractivity contribution in [1.82, 2.24) is 0 Å². The van der Waals surface area contributed by atoms with Crippen LogP contribution in [0.5, 0.6) is 0 Å². The number of hydrogen-bond acceptors (Lipinski definition) is 3. The van der Waals surface area contributed by atoms with Crippen LogP contribution in [0.4, 0.5) is 18.9 Å². The Morgan fingerprint density at radius 2 is 1.79 bits per heavy atom. The fourth-order valence-electron chi connectivity index (χ4n) is 1.89. The van der Waals surface area contributed by atoms with Crippen LogP contribution >= 0.6 is 15.9 Å². The summed E-state index contributed by atoms with van der Waals surface area (Å²) < 4.78 is 61.4. The summed E-state index contributed by atoms with van der Waals surface area (Å²) in [4.78, 5) is 12.1. The van der Waals surface area contributed by atoms with Gasteiger partial charge in [0.1, 0.15) is 0 Å². The molecule has 0 aliphatic carbocycles. The highest BCUT2D eigenvalue weighted by Crippen LogP contribution is 2.36. The Labute approximate surface area is 144 Å². The SMILES string of the molecule is CS(=O)(=O)c1cccc(C(=O)Nc2ccc(Br)c(C(F)(F)F)c2)c1. The first-order valence-corrected chi connectivity index (χ1v) is 9.15. The van der Waals surface area contributed by atoms with E-state index in [1.807, 2.05) is 0 Å². The standard InChI is InChI=1S/C15H11BrF3NO3S/c1-24(22,23)11-4-2-3-9(7-11)14(21)20-10-5-6-13(16)12(8-10)15(17,18)19/h2-8H,1H3,(H,20,21). The van der Waals surface area contributed by atoms with Gasteiger partial charge in [0.2, 0.25) is 0 Å². The normalized spacial score (nSPS) is 12.0. The molecule has 9 heteroatoms. The average Bonchev–Trinajstić information content (AvgIpc) is 2.47. The van der Waals surface area contributed by atoms with Crippen LogP contribution in [0.2, 0.25) is 0 Å². The van der Waals surface area contributed by atoms with Crippen molar-refractivity contribution in [2.24, 2.45) is 0 Å². The van der Waals surface area contributed by atoms with Gasteiger partial charge in [0.15, 0.2) is 9.84 Å². The molecule has 0 aromatic heterocycles. The second kappa shape index (κ2) is 6.56. The average molecular weight is 422 g/mol. The van der Waals surface area contributed by atoms with Gasteiger partial charge < -0.3 is 5.32 Å². The van der Waals surface area contributed by atoms with Crippen LogP contribution in [0, 0.1) is 0 Å². The van der Waals surface area contributed by atoms with E-state index in [4.69, 9.17) is 0 Å². The summed E-state index contributed by atoms with van der Waals surface area (Å²) in [7, 11) is -3.50. The number of hydrogen-bond donors (Lipinski definition) is 1. The third-order valence-corrected chi connectivity index (χ3v) is 4.86. The van der Waals surface area contributed by atoms with Gasteiger partial charge >= 0.3 is 6.18 Å². The van der Waals surface area contributed by atoms with Crippen LogP contribution in [0.3, 0.4) is 0 Å². The van der Waals surface area contributed by atoms with Crippen LogP contribution in [-0.4, -0.2) is 20.6 Å². The van der Waals surface area contributed by atoms with Gasteiger partial charge in [-0.3, -0.25) is 4.79 Å². The summed E-state index contributed by atoms with van der Waals surface area (Å²) >= 11 is 2.81. The number of alkyl halides is 3. The first-order valence-electron chi connectivity index (χ1n) is 6.47. The highest BCUT2D eigenvalue weighted by atomic mass is 79.9. The summed E-state index contributed by atoms with van der Waals surface area (Å²) in [6, 6.07) is 8.51. The Morgan fingerprint density at radius 3 is 2.38 bits per heavy atom. The molecule has 1 amide bonds. The van der Waals surface area contributed by atoms with Gasteiger partial charge in [-0.05, 0) is 36.4 Å². The molecule has 128 valence electrons. The molecule has 1 N–H and O–H groups in total. The summed E-state index contributed by atoms with van der Waals surface area (Å²) in [5.74, 6) is -0.712. The minimum atomic E-state index is -4.57. The molecule has 0 unspecified atom stereocenters. The maximum atomic E-state index is 12.9. The number of anilines is 1. The number of nitrogens with one attached hydrogen (secondary N) is 1. The Balaban J connectivity index is 2.31. The van der Waals surface area contributed by atoms with Gasteiger partial charge in [0.25, 0.3) is 5.91 Å². The maximum absolute atomic E-state index is 12.9. The highest BCUT2D eigenvalue weighted by molar-refractivity contribution is 9.10. The van der Waals surface area contributed by atoms with Crippen molar-refractivity contribution in [2.45, 2.75) is 11.1 Å². The maximum Gasteiger partial charge on any atom is 0.417 e. The molecule has 0 bridgehead atoms. The lowest BCUT2D eigenvalue weighted by atomic mass is 10.1. The van der Waals surface area contributed by atoms with E-state index in [0.29, 0.717) is 0 Å². The molecule has 4 nitrogen and oxygen atoms in total. The molecule has 0 saturated heterocycles. The molecule has 0 aliphatic heterocycles. The molecule has 0 heterocycles. The number of amides is 1. The van der Waals surface area contributed by atoms with Gasteiger partial charge in [0, 0.05) is 22.0 Å². The lowest BCUT2D eigenvalue weighted by Gasteiger charge is -2.12. The van der Waals surface area contributed by atoms with Gasteiger partial charge in [-0.25, -0.2) is 8.42 Å². The molecular weight excluding hydrogens is 411 g/mol.